The summed E-state index contributed by atoms with van der Waals surface area (Å²) in [5.41, 5.74) is 1.65. The molecule has 3 heteroatoms. The second kappa shape index (κ2) is 5.15. The molecule has 0 unspecified atom stereocenters. The third-order valence-corrected chi connectivity index (χ3v) is 3.02. The van der Waals surface area contributed by atoms with E-state index in [4.69, 9.17) is 9.47 Å². The maximum Gasteiger partial charge on any atom is 0.334 e. The number of hydrogen-bond acceptors (Lipinski definition) is 3. The summed E-state index contributed by atoms with van der Waals surface area (Å²) in [6, 6.07) is 9.91. The van der Waals surface area contributed by atoms with E-state index in [-0.39, 0.29) is 18.0 Å². The molecule has 1 aromatic rings. The molecule has 1 aliphatic heterocycles. The van der Waals surface area contributed by atoms with Crippen molar-refractivity contribution in [1.82, 2.24) is 0 Å². The highest BCUT2D eigenvalue weighted by Gasteiger charge is 2.35. The molecule has 0 aromatic heterocycles. The Balaban J connectivity index is 1.80. The molecule has 0 spiro atoms. The lowest BCUT2D eigenvalue weighted by Crippen LogP contribution is -2.20. The molecule has 1 aromatic carbocycles. The minimum Gasteiger partial charge on any atom is -0.456 e. The first-order valence-corrected chi connectivity index (χ1v) is 5.70. The van der Waals surface area contributed by atoms with Gasteiger partial charge in [-0.05, 0) is 5.56 Å². The fraction of sp³-hybridized carbons (Fsp3) is 0.357. The van der Waals surface area contributed by atoms with Crippen LogP contribution in [-0.2, 0) is 20.9 Å². The summed E-state index contributed by atoms with van der Waals surface area (Å²) in [4.78, 5) is 11.3. The van der Waals surface area contributed by atoms with Crippen LogP contribution in [0.3, 0.4) is 0 Å². The first-order chi connectivity index (χ1) is 8.18. The number of benzene rings is 1. The van der Waals surface area contributed by atoms with E-state index in [2.05, 4.69) is 6.58 Å². The smallest absolute Gasteiger partial charge is 0.334 e. The first-order valence-electron chi connectivity index (χ1n) is 5.70. The fourth-order valence-electron chi connectivity index (χ4n) is 1.77. The Bertz CT molecular complexity index is 411. The van der Waals surface area contributed by atoms with Crippen LogP contribution in [0.15, 0.2) is 42.5 Å². The molecule has 2 atom stereocenters. The van der Waals surface area contributed by atoms with Crippen molar-refractivity contribution in [2.75, 3.05) is 6.61 Å². The first kappa shape index (κ1) is 11.9. The standard InChI is InChI=1S/C14H16O3/c1-10-11(2)14(15)17-13(10)9-16-8-12-6-4-3-5-7-12/h3-7,10,13H,2,8-9H2,1H3/t10-,13-/m0/s1. The van der Waals surface area contributed by atoms with E-state index in [1.165, 1.54) is 0 Å². The van der Waals surface area contributed by atoms with Gasteiger partial charge in [0.25, 0.3) is 0 Å². The molecule has 1 aliphatic rings. The summed E-state index contributed by atoms with van der Waals surface area (Å²) in [6.07, 6.45) is -0.196. The van der Waals surface area contributed by atoms with Crippen molar-refractivity contribution in [3.63, 3.8) is 0 Å². The van der Waals surface area contributed by atoms with Crippen molar-refractivity contribution in [3.05, 3.63) is 48.0 Å². The van der Waals surface area contributed by atoms with E-state index in [1.54, 1.807) is 0 Å². The van der Waals surface area contributed by atoms with Gasteiger partial charge in [-0.3, -0.25) is 0 Å². The van der Waals surface area contributed by atoms with Gasteiger partial charge in [0.05, 0.1) is 13.2 Å². The molecule has 2 rings (SSSR count). The Morgan fingerprint density at radius 2 is 2.06 bits per heavy atom. The number of cyclic esters (lactones) is 1. The molecule has 1 fully saturated rings. The summed E-state index contributed by atoms with van der Waals surface area (Å²) in [5.74, 6) is -0.260. The van der Waals surface area contributed by atoms with Gasteiger partial charge in [0.1, 0.15) is 6.10 Å². The highest BCUT2D eigenvalue weighted by Crippen LogP contribution is 2.26. The monoisotopic (exact) mass is 232 g/mol. The number of ether oxygens (including phenoxy) is 2. The van der Waals surface area contributed by atoms with Crippen molar-refractivity contribution < 1.29 is 14.3 Å². The molecule has 3 nitrogen and oxygen atoms in total. The van der Waals surface area contributed by atoms with Crippen LogP contribution in [0.1, 0.15) is 12.5 Å². The van der Waals surface area contributed by atoms with Gasteiger partial charge >= 0.3 is 5.97 Å². The molecular weight excluding hydrogens is 216 g/mol. The van der Waals surface area contributed by atoms with Gasteiger partial charge in [-0.1, -0.05) is 43.8 Å². The van der Waals surface area contributed by atoms with Crippen LogP contribution >= 0.6 is 0 Å². The third kappa shape index (κ3) is 2.74. The van der Waals surface area contributed by atoms with E-state index in [0.717, 1.165) is 5.56 Å². The molecular formula is C14H16O3. The molecule has 0 amide bonds. The lowest BCUT2D eigenvalue weighted by atomic mass is 10.0. The SMILES string of the molecule is C=C1C(=O)O[C@@H](COCc2ccccc2)[C@H]1C. The Kier molecular flexibility index (Phi) is 3.59. The minimum absolute atomic E-state index is 0.0401. The average Bonchev–Trinajstić information content (AvgIpc) is 2.59. The number of esters is 1. The second-order valence-electron chi connectivity index (χ2n) is 4.26. The van der Waals surface area contributed by atoms with Gasteiger partial charge in [0.15, 0.2) is 0 Å². The lowest BCUT2D eigenvalue weighted by Gasteiger charge is -2.13. The van der Waals surface area contributed by atoms with Gasteiger partial charge < -0.3 is 9.47 Å². The predicted octanol–water partition coefficient (Wildman–Crippen LogP) is 2.32. The maximum atomic E-state index is 11.3. The van der Waals surface area contributed by atoms with Crippen LogP contribution in [-0.4, -0.2) is 18.7 Å². The van der Waals surface area contributed by atoms with Crippen LogP contribution in [0.2, 0.25) is 0 Å². The maximum absolute atomic E-state index is 11.3. The Morgan fingerprint density at radius 1 is 1.35 bits per heavy atom. The van der Waals surface area contributed by atoms with Gasteiger partial charge in [-0.15, -0.1) is 0 Å². The van der Waals surface area contributed by atoms with E-state index in [1.807, 2.05) is 37.3 Å². The molecule has 0 saturated carbocycles. The predicted molar refractivity (Wildman–Crippen MR) is 64.3 cm³/mol. The van der Waals surface area contributed by atoms with Crippen molar-refractivity contribution >= 4 is 5.97 Å². The van der Waals surface area contributed by atoms with Crippen LogP contribution in [0, 0.1) is 5.92 Å². The zero-order valence-electron chi connectivity index (χ0n) is 9.89. The average molecular weight is 232 g/mol. The summed E-state index contributed by atoms with van der Waals surface area (Å²) in [5, 5.41) is 0. The van der Waals surface area contributed by atoms with Gasteiger partial charge in [-0.25, -0.2) is 4.79 Å². The third-order valence-electron chi connectivity index (χ3n) is 3.02. The van der Waals surface area contributed by atoms with E-state index >= 15 is 0 Å². The second-order valence-corrected chi connectivity index (χ2v) is 4.26. The summed E-state index contributed by atoms with van der Waals surface area (Å²) < 4.78 is 10.7. The van der Waals surface area contributed by atoms with Crippen LogP contribution in [0.25, 0.3) is 0 Å². The number of rotatable bonds is 4. The molecule has 0 aliphatic carbocycles. The highest BCUT2D eigenvalue weighted by molar-refractivity contribution is 5.90. The summed E-state index contributed by atoms with van der Waals surface area (Å²) in [7, 11) is 0. The molecule has 0 bridgehead atoms. The van der Waals surface area contributed by atoms with Crippen molar-refractivity contribution in [2.45, 2.75) is 19.6 Å². The largest absolute Gasteiger partial charge is 0.456 e. The van der Waals surface area contributed by atoms with Gasteiger partial charge in [0, 0.05) is 11.5 Å². The molecule has 0 radical (unpaired) electrons. The molecule has 17 heavy (non-hydrogen) atoms. The van der Waals surface area contributed by atoms with E-state index < -0.39 is 0 Å². The number of carbonyl (C=O) groups excluding carboxylic acids is 1. The van der Waals surface area contributed by atoms with Crippen LogP contribution in [0.4, 0.5) is 0 Å². The van der Waals surface area contributed by atoms with E-state index in [0.29, 0.717) is 18.8 Å². The summed E-state index contributed by atoms with van der Waals surface area (Å²) in [6.45, 7) is 6.59. The normalized spacial score (nSPS) is 23.8. The van der Waals surface area contributed by atoms with Gasteiger partial charge in [-0.2, -0.15) is 0 Å². The molecule has 1 heterocycles. The quantitative estimate of drug-likeness (QED) is 0.590. The number of carbonyl (C=O) groups is 1. The molecule has 90 valence electrons. The Morgan fingerprint density at radius 3 is 2.65 bits per heavy atom. The van der Waals surface area contributed by atoms with Gasteiger partial charge in [0.2, 0.25) is 0 Å². The topological polar surface area (TPSA) is 35.5 Å². The number of hydrogen-bond donors (Lipinski definition) is 0. The molecule has 0 N–H and O–H groups in total. The fourth-order valence-corrected chi connectivity index (χ4v) is 1.77. The zero-order valence-corrected chi connectivity index (χ0v) is 9.89. The van der Waals surface area contributed by atoms with Crippen molar-refractivity contribution in [3.8, 4) is 0 Å². The highest BCUT2D eigenvalue weighted by atomic mass is 16.6. The zero-order chi connectivity index (χ0) is 12.3. The van der Waals surface area contributed by atoms with Crippen LogP contribution < -0.4 is 0 Å². The Labute approximate surface area is 101 Å². The van der Waals surface area contributed by atoms with Crippen LogP contribution in [0.5, 0.6) is 0 Å². The Hall–Kier alpha value is -1.61. The van der Waals surface area contributed by atoms with E-state index in [9.17, 15) is 4.79 Å². The van der Waals surface area contributed by atoms with Crippen molar-refractivity contribution in [2.24, 2.45) is 5.92 Å². The molecule has 1 saturated heterocycles. The lowest BCUT2D eigenvalue weighted by molar-refractivity contribution is -0.141. The minimum atomic E-state index is -0.300. The summed E-state index contributed by atoms with van der Waals surface area (Å²) >= 11 is 0. The van der Waals surface area contributed by atoms with Crippen molar-refractivity contribution in [1.29, 1.82) is 0 Å².